The molecule has 212 valence electrons. The quantitative estimate of drug-likeness (QED) is 0.211. The van der Waals surface area contributed by atoms with Gasteiger partial charge in [-0.25, -0.2) is 4.99 Å². The molecule has 7 rings (SSSR count). The standard InChI is InChI=1S/C41H33N3/c1-28-12-6-9-17-36(28)42-33-24-20-30(21-25-33)39(31-22-26-34(27-23-31)43-37-18-10-7-13-29(37)2)40-35-16-8-11-19-38(35)44-41(40)32-14-4-3-5-15-32/h3-27,40,42H,1-2H3/p+1. The zero-order valence-corrected chi connectivity index (χ0v) is 25.0. The van der Waals surface area contributed by atoms with Crippen LogP contribution >= 0.6 is 0 Å². The van der Waals surface area contributed by atoms with Gasteiger partial charge in [-0.15, -0.1) is 0 Å². The van der Waals surface area contributed by atoms with E-state index in [0.717, 1.165) is 39.7 Å². The molecule has 0 aromatic heterocycles. The zero-order chi connectivity index (χ0) is 29.9. The van der Waals surface area contributed by atoms with E-state index in [1.54, 1.807) is 0 Å². The van der Waals surface area contributed by atoms with Gasteiger partial charge in [0.05, 0.1) is 17.3 Å². The molecule has 1 aliphatic heterocycles. The normalized spacial score (nSPS) is 15.1. The number of benzene rings is 5. The van der Waals surface area contributed by atoms with Crippen LogP contribution in [0.4, 0.5) is 22.7 Å². The topological polar surface area (TPSA) is 38.4 Å². The molecule has 2 aliphatic rings. The summed E-state index contributed by atoms with van der Waals surface area (Å²) in [6.07, 6.45) is 8.82. The molecule has 0 saturated carbocycles. The Balaban J connectivity index is 1.34. The van der Waals surface area contributed by atoms with E-state index >= 15 is 0 Å². The van der Waals surface area contributed by atoms with Crippen molar-refractivity contribution in [3.8, 4) is 0 Å². The average Bonchev–Trinajstić information content (AvgIpc) is 3.45. The molecule has 0 radical (unpaired) electrons. The Morgan fingerprint density at radius 1 is 0.636 bits per heavy atom. The predicted octanol–water partition coefficient (Wildman–Crippen LogP) is 8.70. The van der Waals surface area contributed by atoms with Gasteiger partial charge >= 0.3 is 0 Å². The summed E-state index contributed by atoms with van der Waals surface area (Å²) in [7, 11) is 0. The highest BCUT2D eigenvalue weighted by Gasteiger charge is 2.33. The lowest BCUT2D eigenvalue weighted by atomic mass is 9.79. The molecule has 1 unspecified atom stereocenters. The van der Waals surface area contributed by atoms with Crippen molar-refractivity contribution in [2.75, 3.05) is 5.32 Å². The maximum Gasteiger partial charge on any atom is 0.206 e. The van der Waals surface area contributed by atoms with Crippen molar-refractivity contribution in [3.63, 3.8) is 0 Å². The van der Waals surface area contributed by atoms with Crippen molar-refractivity contribution in [3.05, 3.63) is 185 Å². The maximum atomic E-state index is 5.21. The Hall–Kier alpha value is -5.54. The summed E-state index contributed by atoms with van der Waals surface area (Å²) < 4.78 is 0. The molecule has 0 spiro atoms. The van der Waals surface area contributed by atoms with Crippen LogP contribution in [0, 0.1) is 13.8 Å². The van der Waals surface area contributed by atoms with Gasteiger partial charge in [0, 0.05) is 35.2 Å². The zero-order valence-electron chi connectivity index (χ0n) is 25.0. The summed E-state index contributed by atoms with van der Waals surface area (Å²) in [6, 6.07) is 44.7. The number of fused-ring (bicyclic) bond motifs is 1. The molecule has 44 heavy (non-hydrogen) atoms. The molecule has 1 atom stereocenters. The molecule has 5 aromatic rings. The average molecular weight is 569 g/mol. The number of aliphatic imine (C=N–C) groups is 1. The summed E-state index contributed by atoms with van der Waals surface area (Å²) in [5.74, 6) is -0.0149. The summed E-state index contributed by atoms with van der Waals surface area (Å²) >= 11 is 0. The minimum atomic E-state index is -0.0149. The number of anilines is 2. The number of aryl methyl sites for hydroxylation is 2. The number of hydrogen-bond acceptors (Lipinski definition) is 2. The SMILES string of the molecule is Cc1ccccc1Nc1ccc(C(=C2C=CC(=[NH+]c3ccccc3C)C=C2)C2C(c3ccccc3)=Nc3ccccc32)cc1. The van der Waals surface area contributed by atoms with Crippen LogP contribution in [0.2, 0.25) is 0 Å². The van der Waals surface area contributed by atoms with E-state index in [1.165, 1.54) is 33.4 Å². The molecule has 1 aliphatic carbocycles. The molecule has 3 heteroatoms. The number of para-hydroxylation sites is 3. The number of nitrogens with zero attached hydrogens (tertiary/aromatic N) is 1. The lowest BCUT2D eigenvalue weighted by Gasteiger charge is -2.23. The second-order valence-electron chi connectivity index (χ2n) is 11.3. The number of nitrogens with one attached hydrogen (secondary N) is 2. The van der Waals surface area contributed by atoms with Crippen molar-refractivity contribution < 1.29 is 4.99 Å². The molecule has 0 saturated heterocycles. The van der Waals surface area contributed by atoms with E-state index in [2.05, 4.69) is 176 Å². The molecule has 5 aromatic carbocycles. The third-order valence-electron chi connectivity index (χ3n) is 8.36. The third kappa shape index (κ3) is 5.48. The first-order valence-electron chi connectivity index (χ1n) is 15.1. The van der Waals surface area contributed by atoms with E-state index in [1.807, 2.05) is 0 Å². The van der Waals surface area contributed by atoms with Crippen LogP contribution in [0.15, 0.2) is 162 Å². The van der Waals surface area contributed by atoms with Gasteiger partial charge in [-0.3, -0.25) is 4.99 Å². The molecular weight excluding hydrogens is 534 g/mol. The van der Waals surface area contributed by atoms with Crippen molar-refractivity contribution in [1.29, 1.82) is 0 Å². The van der Waals surface area contributed by atoms with Gasteiger partial charge < -0.3 is 5.32 Å². The molecule has 0 fully saturated rings. The van der Waals surface area contributed by atoms with Crippen molar-refractivity contribution in [2.24, 2.45) is 4.99 Å². The van der Waals surface area contributed by atoms with Crippen LogP contribution in [0.1, 0.15) is 33.7 Å². The van der Waals surface area contributed by atoms with E-state index in [9.17, 15) is 0 Å². The van der Waals surface area contributed by atoms with Gasteiger partial charge in [-0.05, 0) is 83.7 Å². The summed E-state index contributed by atoms with van der Waals surface area (Å²) in [5.41, 5.74) is 14.8. The fourth-order valence-electron chi connectivity index (χ4n) is 6.01. The van der Waals surface area contributed by atoms with Crippen LogP contribution in [0.5, 0.6) is 0 Å². The maximum absolute atomic E-state index is 5.21. The molecule has 0 bridgehead atoms. The minimum absolute atomic E-state index is 0.0149. The largest absolute Gasteiger partial charge is 0.355 e. The minimum Gasteiger partial charge on any atom is -0.355 e. The van der Waals surface area contributed by atoms with E-state index in [-0.39, 0.29) is 5.92 Å². The molecule has 1 heterocycles. The second-order valence-corrected chi connectivity index (χ2v) is 11.3. The highest BCUT2D eigenvalue weighted by molar-refractivity contribution is 6.17. The van der Waals surface area contributed by atoms with E-state index < -0.39 is 0 Å². The Morgan fingerprint density at radius 2 is 1.30 bits per heavy atom. The first-order valence-corrected chi connectivity index (χ1v) is 15.1. The van der Waals surface area contributed by atoms with E-state index in [4.69, 9.17) is 4.99 Å². The van der Waals surface area contributed by atoms with Crippen molar-refractivity contribution in [1.82, 2.24) is 0 Å². The van der Waals surface area contributed by atoms with Crippen LogP contribution < -0.4 is 10.3 Å². The summed E-state index contributed by atoms with van der Waals surface area (Å²) in [4.78, 5) is 8.80. The molecule has 3 nitrogen and oxygen atoms in total. The first-order chi connectivity index (χ1) is 21.6. The lowest BCUT2D eigenvalue weighted by molar-refractivity contribution is -0.352. The Labute approximate surface area is 259 Å². The fraction of sp³-hybridized carbons (Fsp3) is 0.0732. The number of hydrogen-bond donors (Lipinski definition) is 2. The Kier molecular flexibility index (Phi) is 7.44. The highest BCUT2D eigenvalue weighted by Crippen LogP contribution is 2.47. The van der Waals surface area contributed by atoms with Gasteiger partial charge in [0.2, 0.25) is 11.4 Å². The van der Waals surface area contributed by atoms with Gasteiger partial charge in [0.25, 0.3) is 0 Å². The Morgan fingerprint density at radius 3 is 2.05 bits per heavy atom. The van der Waals surface area contributed by atoms with Crippen molar-refractivity contribution >= 4 is 39.7 Å². The highest BCUT2D eigenvalue weighted by atomic mass is 14.9. The number of rotatable bonds is 6. The third-order valence-corrected chi connectivity index (χ3v) is 8.36. The van der Waals surface area contributed by atoms with Crippen LogP contribution in [-0.2, 0) is 0 Å². The smallest absolute Gasteiger partial charge is 0.206 e. The number of allylic oxidation sites excluding steroid dienone is 6. The van der Waals surface area contributed by atoms with Crippen LogP contribution in [-0.4, -0.2) is 11.4 Å². The monoisotopic (exact) mass is 568 g/mol. The second kappa shape index (κ2) is 12.0. The van der Waals surface area contributed by atoms with Gasteiger partial charge in [0.15, 0.2) is 0 Å². The van der Waals surface area contributed by atoms with Gasteiger partial charge in [0.1, 0.15) is 0 Å². The summed E-state index contributed by atoms with van der Waals surface area (Å²) in [6.45, 7) is 4.25. The van der Waals surface area contributed by atoms with Gasteiger partial charge in [-0.2, -0.15) is 0 Å². The fourth-order valence-corrected chi connectivity index (χ4v) is 6.01. The van der Waals surface area contributed by atoms with Gasteiger partial charge in [-0.1, -0.05) is 97.1 Å². The van der Waals surface area contributed by atoms with Crippen LogP contribution in [0.3, 0.4) is 0 Å². The Bertz CT molecular complexity index is 1970. The lowest BCUT2D eigenvalue weighted by Crippen LogP contribution is -2.66. The molecule has 2 N–H and O–H groups in total. The molecule has 0 amide bonds. The predicted molar refractivity (Wildman–Crippen MR) is 185 cm³/mol. The van der Waals surface area contributed by atoms with Crippen LogP contribution in [0.25, 0.3) is 5.57 Å². The first kappa shape index (κ1) is 27.3. The summed E-state index contributed by atoms with van der Waals surface area (Å²) in [5, 5.41) is 3.59. The molecular formula is C41H34N3+. The van der Waals surface area contributed by atoms with E-state index in [0.29, 0.717) is 0 Å². The van der Waals surface area contributed by atoms with Crippen molar-refractivity contribution in [2.45, 2.75) is 19.8 Å².